The van der Waals surface area contributed by atoms with Crippen LogP contribution < -0.4 is 10.1 Å². The molecule has 0 radical (unpaired) electrons. The Morgan fingerprint density at radius 1 is 1.43 bits per heavy atom. The number of aromatic nitrogens is 2. The van der Waals surface area contributed by atoms with Gasteiger partial charge < -0.3 is 14.6 Å². The summed E-state index contributed by atoms with van der Waals surface area (Å²) in [5, 5.41) is 7.01. The molecule has 0 fully saturated rings. The number of benzene rings is 2. The summed E-state index contributed by atoms with van der Waals surface area (Å²) in [6.45, 7) is 10.7. The highest BCUT2D eigenvalue weighted by Gasteiger charge is 2.26. The van der Waals surface area contributed by atoms with Gasteiger partial charge in [0.25, 0.3) is 5.89 Å². The summed E-state index contributed by atoms with van der Waals surface area (Å²) in [4.78, 5) is 7.95. The minimum atomic E-state index is -1.71. The second kappa shape index (κ2) is 8.68. The third-order valence-electron chi connectivity index (χ3n) is 4.72. The maximum absolute atomic E-state index is 8.63. The van der Waals surface area contributed by atoms with E-state index in [9.17, 15) is 0 Å². The van der Waals surface area contributed by atoms with Crippen molar-refractivity contribution in [3.63, 3.8) is 0 Å². The molecule has 3 aromatic rings. The van der Waals surface area contributed by atoms with Crippen LogP contribution in [0.25, 0.3) is 27.7 Å². The van der Waals surface area contributed by atoms with Crippen LogP contribution in [-0.4, -0.2) is 22.7 Å². The number of nitrogens with zero attached hydrogens (tertiary/aromatic N) is 3. The quantitative estimate of drug-likeness (QED) is 0.507. The predicted octanol–water partition coefficient (Wildman–Crippen LogP) is 5.73. The van der Waals surface area contributed by atoms with Crippen LogP contribution >= 0.6 is 0 Å². The molecule has 1 aliphatic carbocycles. The van der Waals surface area contributed by atoms with Crippen molar-refractivity contribution in [1.82, 2.24) is 15.5 Å². The largest absolute Gasteiger partial charge is 0.502 e. The molecule has 0 aliphatic heterocycles. The molecular weight excluding hydrogens is 376 g/mol. The van der Waals surface area contributed by atoms with Crippen molar-refractivity contribution in [2.24, 2.45) is 0 Å². The molecule has 6 nitrogen and oxygen atoms in total. The third-order valence-corrected chi connectivity index (χ3v) is 4.72. The SMILES string of the molecule is [2H]C([2H])(CC)N[C@H]1CC([2H])([2H])c2c(-c3noc(-c4ccc(OC([2H])(C)C)c([N+]#[C-])c4)n3)cccc21. The van der Waals surface area contributed by atoms with Gasteiger partial charge in [0, 0.05) is 22.7 Å². The van der Waals surface area contributed by atoms with Gasteiger partial charge in [-0.1, -0.05) is 30.3 Å². The molecule has 6 heteroatoms. The molecule has 30 heavy (non-hydrogen) atoms. The number of rotatable bonds is 7. The Bertz CT molecular complexity index is 1290. The number of hydrogen-bond acceptors (Lipinski definition) is 5. The van der Waals surface area contributed by atoms with Crippen molar-refractivity contribution >= 4 is 5.69 Å². The van der Waals surface area contributed by atoms with Gasteiger partial charge in [0.1, 0.15) is 5.75 Å². The highest BCUT2D eigenvalue weighted by Crippen LogP contribution is 2.38. The first kappa shape index (κ1) is 14.8. The van der Waals surface area contributed by atoms with Crippen LogP contribution in [0.1, 0.15) is 57.6 Å². The van der Waals surface area contributed by atoms with E-state index in [4.69, 9.17) is 22.7 Å². The molecule has 1 aliphatic rings. The Labute approximate surface area is 184 Å². The van der Waals surface area contributed by atoms with E-state index < -0.39 is 25.0 Å². The third kappa shape index (κ3) is 3.94. The predicted molar refractivity (Wildman–Crippen MR) is 117 cm³/mol. The second-order valence-electron chi connectivity index (χ2n) is 7.11. The maximum atomic E-state index is 8.63. The molecule has 0 saturated carbocycles. The highest BCUT2D eigenvalue weighted by atomic mass is 16.5. The van der Waals surface area contributed by atoms with Crippen LogP contribution in [0.4, 0.5) is 5.69 Å². The monoisotopic (exact) mass is 407 g/mol. The first-order valence-electron chi connectivity index (χ1n) is 12.3. The summed E-state index contributed by atoms with van der Waals surface area (Å²) in [5.41, 5.74) is 2.27. The minimum absolute atomic E-state index is 0.0890. The van der Waals surface area contributed by atoms with Gasteiger partial charge in [0.05, 0.1) is 14.0 Å². The van der Waals surface area contributed by atoms with Crippen molar-refractivity contribution in [3.8, 4) is 28.6 Å². The molecule has 0 amide bonds. The van der Waals surface area contributed by atoms with Gasteiger partial charge in [-0.3, -0.25) is 0 Å². The molecule has 0 saturated heterocycles. The lowest BCUT2D eigenvalue weighted by Crippen LogP contribution is -2.19. The molecule has 1 aromatic heterocycles. The van der Waals surface area contributed by atoms with Gasteiger partial charge in [-0.15, -0.1) is 0 Å². The Hall–Kier alpha value is -3.17. The van der Waals surface area contributed by atoms with Gasteiger partial charge in [-0.05, 0) is 68.9 Å². The van der Waals surface area contributed by atoms with E-state index in [2.05, 4.69) is 20.3 Å². The lowest BCUT2D eigenvalue weighted by Gasteiger charge is -2.13. The number of nitrogens with one attached hydrogen (secondary N) is 1. The first-order chi connectivity index (χ1) is 16.3. The van der Waals surface area contributed by atoms with E-state index >= 15 is 0 Å². The zero-order chi connectivity index (χ0) is 25.6. The molecular formula is C24H26N4O2. The summed E-state index contributed by atoms with van der Waals surface area (Å²) in [5.74, 6) is 0.648. The van der Waals surface area contributed by atoms with Crippen LogP contribution in [-0.2, 0) is 6.37 Å². The van der Waals surface area contributed by atoms with Crippen molar-refractivity contribution in [2.75, 3.05) is 6.50 Å². The minimum Gasteiger partial charge on any atom is -0.502 e. The van der Waals surface area contributed by atoms with Crippen LogP contribution in [0.3, 0.4) is 0 Å². The summed E-state index contributed by atoms with van der Waals surface area (Å²) >= 11 is 0. The summed E-state index contributed by atoms with van der Waals surface area (Å²) in [6, 6.07) is 9.59. The zero-order valence-corrected chi connectivity index (χ0v) is 17.1. The fraction of sp³-hybridized carbons (Fsp3) is 0.375. The van der Waals surface area contributed by atoms with Crippen molar-refractivity contribution in [1.29, 1.82) is 0 Å². The molecule has 1 atom stereocenters. The van der Waals surface area contributed by atoms with E-state index in [-0.39, 0.29) is 36.0 Å². The number of fused-ring (bicyclic) bond motifs is 1. The van der Waals surface area contributed by atoms with Crippen LogP contribution in [0.5, 0.6) is 5.75 Å². The lowest BCUT2D eigenvalue weighted by molar-refractivity contribution is 0.244. The van der Waals surface area contributed by atoms with Crippen LogP contribution in [0.15, 0.2) is 40.9 Å². The molecule has 0 unspecified atom stereocenters. The van der Waals surface area contributed by atoms with Crippen LogP contribution in [0.2, 0.25) is 0 Å². The lowest BCUT2D eigenvalue weighted by atomic mass is 10.0. The Morgan fingerprint density at radius 2 is 2.30 bits per heavy atom. The Balaban J connectivity index is 1.70. The Kier molecular flexibility index (Phi) is 4.27. The first-order valence-corrected chi connectivity index (χ1v) is 9.79. The van der Waals surface area contributed by atoms with Crippen LogP contribution in [0, 0.1) is 6.57 Å². The standard InChI is InChI=1S/C24H26N4O2/c1-5-13-26-20-11-10-17-18(20)7-6-8-19(17)23-27-24(30-28-23)16-9-12-22(29-15(2)3)21(14-16)25-4/h6-9,12,14-15,20,26H,5,10-11,13H2,1-3H3/t20-/m0/s1/i10D2,13D2,15D. The van der Waals surface area contributed by atoms with E-state index in [0.29, 0.717) is 22.3 Å². The summed E-state index contributed by atoms with van der Waals surface area (Å²) in [7, 11) is 0. The normalized spacial score (nSPS) is 20.2. The topological polar surface area (TPSA) is 64.5 Å². The highest BCUT2D eigenvalue weighted by molar-refractivity contribution is 5.70. The van der Waals surface area contributed by atoms with Gasteiger partial charge in [-0.25, -0.2) is 4.85 Å². The smallest absolute Gasteiger partial charge is 0.256 e. The fourth-order valence-corrected chi connectivity index (χ4v) is 3.41. The van der Waals surface area contributed by atoms with E-state index in [0.717, 1.165) is 0 Å². The molecule has 0 spiro atoms. The summed E-state index contributed by atoms with van der Waals surface area (Å²) < 4.78 is 52.3. The van der Waals surface area contributed by atoms with E-state index in [1.54, 1.807) is 57.2 Å². The maximum Gasteiger partial charge on any atom is 0.256 e. The van der Waals surface area contributed by atoms with Crippen molar-refractivity contribution < 1.29 is 16.1 Å². The second-order valence-corrected chi connectivity index (χ2v) is 7.11. The van der Waals surface area contributed by atoms with Gasteiger partial charge in [0.2, 0.25) is 11.5 Å². The van der Waals surface area contributed by atoms with E-state index in [1.807, 2.05) is 0 Å². The molecule has 4 rings (SSSR count). The fourth-order valence-electron chi connectivity index (χ4n) is 3.41. The molecule has 0 bridgehead atoms. The van der Waals surface area contributed by atoms with E-state index in [1.165, 1.54) is 0 Å². The van der Waals surface area contributed by atoms with Gasteiger partial charge in [-0.2, -0.15) is 4.98 Å². The zero-order valence-electron chi connectivity index (χ0n) is 22.1. The van der Waals surface area contributed by atoms with Crippen molar-refractivity contribution in [2.45, 2.75) is 52.1 Å². The average molecular weight is 408 g/mol. The van der Waals surface area contributed by atoms with Crippen molar-refractivity contribution in [3.05, 3.63) is 58.9 Å². The molecule has 1 heterocycles. The average Bonchev–Trinajstić information content (AvgIpc) is 3.36. The Morgan fingerprint density at radius 3 is 3.07 bits per heavy atom. The molecule has 2 aromatic carbocycles. The molecule has 154 valence electrons. The molecule has 1 N–H and O–H groups in total. The van der Waals surface area contributed by atoms with Gasteiger partial charge in [0.15, 0.2) is 0 Å². The number of ether oxygens (including phenoxy) is 1. The summed E-state index contributed by atoms with van der Waals surface area (Å²) in [6.07, 6.45) is -2.57. The number of hydrogen-bond donors (Lipinski definition) is 1. The van der Waals surface area contributed by atoms with Gasteiger partial charge >= 0.3 is 0 Å².